The molecule has 0 radical (unpaired) electrons. The largest absolute Gasteiger partial charge is 0.315 e. The van der Waals surface area contributed by atoms with E-state index in [9.17, 15) is 9.18 Å². The van der Waals surface area contributed by atoms with Crippen molar-refractivity contribution in [2.24, 2.45) is 0 Å². The summed E-state index contributed by atoms with van der Waals surface area (Å²) in [5, 5.41) is 11.1. The molecule has 1 amide bonds. The Morgan fingerprint density at radius 1 is 1.41 bits per heavy atom. The monoisotopic (exact) mass is 435 g/mol. The van der Waals surface area contributed by atoms with Crippen LogP contribution in [0.5, 0.6) is 0 Å². The number of benzene rings is 1. The number of halogens is 2. The minimum absolute atomic E-state index is 0. The number of nitrogens with zero attached hydrogens (tertiary/aromatic N) is 3. The maximum atomic E-state index is 13.7. The number of thiazole rings is 1. The first-order valence-electron chi connectivity index (χ1n) is 9.35. The van der Waals surface area contributed by atoms with Gasteiger partial charge in [0.1, 0.15) is 5.82 Å². The van der Waals surface area contributed by atoms with Crippen molar-refractivity contribution in [3.8, 4) is 0 Å². The zero-order valence-electron chi connectivity index (χ0n) is 16.0. The Kier molecular flexibility index (Phi) is 7.00. The van der Waals surface area contributed by atoms with E-state index in [0.29, 0.717) is 22.8 Å². The molecule has 1 atom stereocenters. The summed E-state index contributed by atoms with van der Waals surface area (Å²) in [4.78, 5) is 17.7. The van der Waals surface area contributed by atoms with Gasteiger partial charge in [0.05, 0.1) is 6.04 Å². The van der Waals surface area contributed by atoms with Crippen LogP contribution in [0.25, 0.3) is 0 Å². The van der Waals surface area contributed by atoms with E-state index in [-0.39, 0.29) is 30.2 Å². The summed E-state index contributed by atoms with van der Waals surface area (Å²) in [6, 6.07) is 7.24. The first kappa shape index (κ1) is 21.4. The highest BCUT2D eigenvalue weighted by atomic mass is 35.5. The van der Waals surface area contributed by atoms with Crippen LogP contribution >= 0.6 is 23.7 Å². The Hall–Kier alpha value is -2.29. The van der Waals surface area contributed by atoms with E-state index in [0.717, 1.165) is 36.4 Å². The lowest BCUT2D eigenvalue weighted by Crippen LogP contribution is -2.32. The molecule has 29 heavy (non-hydrogen) atoms. The van der Waals surface area contributed by atoms with Gasteiger partial charge in [-0.1, -0.05) is 12.1 Å². The summed E-state index contributed by atoms with van der Waals surface area (Å²) in [5.74, 6) is -0.482. The van der Waals surface area contributed by atoms with Crippen molar-refractivity contribution in [2.45, 2.75) is 32.2 Å². The van der Waals surface area contributed by atoms with E-state index in [1.54, 1.807) is 31.3 Å². The number of rotatable bonds is 5. The average molecular weight is 436 g/mol. The van der Waals surface area contributed by atoms with E-state index in [2.05, 4.69) is 20.7 Å². The quantitative estimate of drug-likeness (QED) is 0.636. The summed E-state index contributed by atoms with van der Waals surface area (Å²) in [7, 11) is 0. The molecule has 1 saturated heterocycles. The van der Waals surface area contributed by atoms with E-state index < -0.39 is 0 Å². The van der Waals surface area contributed by atoms with Crippen LogP contribution in [0.4, 0.5) is 9.52 Å². The molecule has 9 heteroatoms. The number of amides is 1. The van der Waals surface area contributed by atoms with Crippen LogP contribution in [-0.4, -0.2) is 33.8 Å². The molecule has 3 heterocycles. The van der Waals surface area contributed by atoms with Gasteiger partial charge in [0.2, 0.25) is 0 Å². The van der Waals surface area contributed by atoms with Gasteiger partial charge in [-0.05, 0) is 49.6 Å². The highest BCUT2D eigenvalue weighted by Gasteiger charge is 2.18. The predicted molar refractivity (Wildman–Crippen MR) is 115 cm³/mol. The fraction of sp³-hybridized carbons (Fsp3) is 0.350. The number of carbonyl (C=O) groups is 1. The molecule has 1 aliphatic rings. The molecule has 0 aliphatic carbocycles. The molecule has 2 aromatic heterocycles. The summed E-state index contributed by atoms with van der Waals surface area (Å²) >= 11 is 1.39. The van der Waals surface area contributed by atoms with Gasteiger partial charge >= 0.3 is 0 Å². The van der Waals surface area contributed by atoms with Gasteiger partial charge < -0.3 is 5.32 Å². The van der Waals surface area contributed by atoms with Crippen LogP contribution in [0.1, 0.15) is 45.4 Å². The standard InChI is InChI=1S/C20H22FN5OS.ClH/c1-13-4-5-14(10-17(13)21)9-16-12-23-20(28-16)24-19(27)18-6-8-26(25-18)15-3-2-7-22-11-15;/h4-6,8,10,12,15,22H,2-3,7,9,11H2,1H3,(H,23,24,27);1H. The second-order valence-electron chi connectivity index (χ2n) is 7.03. The van der Waals surface area contributed by atoms with Crippen LogP contribution in [-0.2, 0) is 6.42 Å². The molecule has 3 aromatic rings. The number of anilines is 1. The lowest BCUT2D eigenvalue weighted by Gasteiger charge is -2.22. The Bertz CT molecular complexity index is 983. The maximum Gasteiger partial charge on any atom is 0.277 e. The maximum absolute atomic E-state index is 13.7. The van der Waals surface area contributed by atoms with Crippen molar-refractivity contribution in [2.75, 3.05) is 18.4 Å². The fourth-order valence-electron chi connectivity index (χ4n) is 3.28. The van der Waals surface area contributed by atoms with Crippen molar-refractivity contribution in [3.05, 3.63) is 64.2 Å². The number of carbonyl (C=O) groups excluding carboxylic acids is 1. The van der Waals surface area contributed by atoms with E-state index in [1.807, 2.05) is 16.9 Å². The molecule has 0 saturated carbocycles. The molecule has 154 valence electrons. The molecular weight excluding hydrogens is 413 g/mol. The van der Waals surface area contributed by atoms with Crippen LogP contribution in [0, 0.1) is 12.7 Å². The zero-order valence-corrected chi connectivity index (χ0v) is 17.7. The van der Waals surface area contributed by atoms with Gasteiger partial charge in [-0.15, -0.1) is 23.7 Å². The highest BCUT2D eigenvalue weighted by molar-refractivity contribution is 7.15. The molecule has 1 unspecified atom stereocenters. The van der Waals surface area contributed by atoms with Gasteiger partial charge in [-0.2, -0.15) is 5.10 Å². The fourth-order valence-corrected chi connectivity index (χ4v) is 4.12. The number of nitrogens with one attached hydrogen (secondary N) is 2. The van der Waals surface area contributed by atoms with Crippen LogP contribution in [0.3, 0.4) is 0 Å². The van der Waals surface area contributed by atoms with Gasteiger partial charge in [-0.25, -0.2) is 9.37 Å². The molecule has 1 aromatic carbocycles. The molecule has 1 aliphatic heterocycles. The first-order valence-corrected chi connectivity index (χ1v) is 10.2. The number of hydrogen-bond donors (Lipinski definition) is 2. The average Bonchev–Trinajstić information content (AvgIpc) is 3.35. The normalized spacial score (nSPS) is 16.3. The van der Waals surface area contributed by atoms with E-state index in [4.69, 9.17) is 0 Å². The Morgan fingerprint density at radius 2 is 2.28 bits per heavy atom. The molecule has 6 nitrogen and oxygen atoms in total. The lowest BCUT2D eigenvalue weighted by atomic mass is 10.1. The minimum atomic E-state index is -0.273. The highest BCUT2D eigenvalue weighted by Crippen LogP contribution is 2.23. The second kappa shape index (κ2) is 9.47. The second-order valence-corrected chi connectivity index (χ2v) is 8.14. The van der Waals surface area contributed by atoms with Crippen molar-refractivity contribution in [1.82, 2.24) is 20.1 Å². The van der Waals surface area contributed by atoms with Crippen molar-refractivity contribution >= 4 is 34.8 Å². The third kappa shape index (κ3) is 5.20. The molecule has 2 N–H and O–H groups in total. The first-order chi connectivity index (χ1) is 13.6. The van der Waals surface area contributed by atoms with Gasteiger partial charge in [0, 0.05) is 30.2 Å². The van der Waals surface area contributed by atoms with Gasteiger partial charge in [0.15, 0.2) is 10.8 Å². The third-order valence-corrected chi connectivity index (χ3v) is 5.79. The van der Waals surface area contributed by atoms with E-state index >= 15 is 0 Å². The molecule has 0 bridgehead atoms. The molecular formula is C20H23ClFN5OS. The Labute approximate surface area is 179 Å². The third-order valence-electron chi connectivity index (χ3n) is 4.87. The predicted octanol–water partition coefficient (Wildman–Crippen LogP) is 3.98. The van der Waals surface area contributed by atoms with E-state index in [1.165, 1.54) is 11.3 Å². The number of piperidine rings is 1. The smallest absolute Gasteiger partial charge is 0.277 e. The van der Waals surface area contributed by atoms with Crippen LogP contribution < -0.4 is 10.6 Å². The summed E-state index contributed by atoms with van der Waals surface area (Å²) < 4.78 is 15.6. The van der Waals surface area contributed by atoms with Crippen molar-refractivity contribution in [1.29, 1.82) is 0 Å². The molecule has 0 spiro atoms. The summed E-state index contributed by atoms with van der Waals surface area (Å²) in [5.41, 5.74) is 1.89. The topological polar surface area (TPSA) is 71.8 Å². The minimum Gasteiger partial charge on any atom is -0.315 e. The van der Waals surface area contributed by atoms with Crippen LogP contribution in [0.15, 0.2) is 36.7 Å². The van der Waals surface area contributed by atoms with Crippen molar-refractivity contribution < 1.29 is 9.18 Å². The Balaban J connectivity index is 0.00000240. The Morgan fingerprint density at radius 3 is 3.03 bits per heavy atom. The summed E-state index contributed by atoms with van der Waals surface area (Å²) in [6.45, 7) is 3.65. The molecule has 4 rings (SSSR count). The van der Waals surface area contributed by atoms with Gasteiger partial charge in [-0.3, -0.25) is 14.8 Å². The van der Waals surface area contributed by atoms with Crippen LogP contribution in [0.2, 0.25) is 0 Å². The van der Waals surface area contributed by atoms with Crippen molar-refractivity contribution in [3.63, 3.8) is 0 Å². The zero-order chi connectivity index (χ0) is 19.5. The lowest BCUT2D eigenvalue weighted by molar-refractivity contribution is 0.102. The number of aromatic nitrogens is 3. The number of aryl methyl sites for hydroxylation is 1. The number of hydrogen-bond acceptors (Lipinski definition) is 5. The SMILES string of the molecule is Cc1ccc(Cc2cnc(NC(=O)c3ccn(C4CCCNC4)n3)s2)cc1F.Cl. The molecule has 1 fully saturated rings. The van der Waals surface area contributed by atoms with Gasteiger partial charge in [0.25, 0.3) is 5.91 Å². The summed E-state index contributed by atoms with van der Waals surface area (Å²) in [6.07, 6.45) is 6.31.